The summed E-state index contributed by atoms with van der Waals surface area (Å²) in [6.07, 6.45) is 2.15. The van der Waals surface area contributed by atoms with Crippen LogP contribution in [0.3, 0.4) is 0 Å². The third-order valence-corrected chi connectivity index (χ3v) is 5.41. The van der Waals surface area contributed by atoms with Crippen molar-refractivity contribution in [3.8, 4) is 5.75 Å². The molecular formula is C25H25N3O3. The van der Waals surface area contributed by atoms with Gasteiger partial charge in [-0.25, -0.2) is 4.79 Å². The van der Waals surface area contributed by atoms with Crippen molar-refractivity contribution in [1.29, 1.82) is 0 Å². The van der Waals surface area contributed by atoms with E-state index < -0.39 is 5.97 Å². The first-order valence-electron chi connectivity index (χ1n) is 10.0. The second-order valence-corrected chi connectivity index (χ2v) is 7.48. The Morgan fingerprint density at radius 2 is 1.81 bits per heavy atom. The van der Waals surface area contributed by atoms with Crippen LogP contribution >= 0.6 is 0 Å². The van der Waals surface area contributed by atoms with Crippen LogP contribution in [0.25, 0.3) is 10.9 Å². The van der Waals surface area contributed by atoms with Crippen LogP contribution in [0.15, 0.2) is 66.9 Å². The summed E-state index contributed by atoms with van der Waals surface area (Å²) in [6.45, 7) is 2.79. The fourth-order valence-corrected chi connectivity index (χ4v) is 3.89. The molecule has 0 saturated heterocycles. The van der Waals surface area contributed by atoms with Gasteiger partial charge < -0.3 is 25.0 Å². The van der Waals surface area contributed by atoms with Gasteiger partial charge in [-0.1, -0.05) is 24.3 Å². The van der Waals surface area contributed by atoms with E-state index in [1.807, 2.05) is 24.3 Å². The molecule has 0 aliphatic heterocycles. The number of carbonyl (C=O) groups is 1. The number of nitrogens with one attached hydrogen (secondary N) is 2. The minimum Gasteiger partial charge on any atom is -0.495 e. The summed E-state index contributed by atoms with van der Waals surface area (Å²) in [5, 5.41) is 17.4. The van der Waals surface area contributed by atoms with Gasteiger partial charge in [-0.2, -0.15) is 0 Å². The molecule has 4 rings (SSSR count). The highest BCUT2D eigenvalue weighted by Gasteiger charge is 2.12. The summed E-state index contributed by atoms with van der Waals surface area (Å²) in [6, 6.07) is 18.9. The molecule has 4 aromatic rings. The largest absolute Gasteiger partial charge is 0.495 e. The van der Waals surface area contributed by atoms with Gasteiger partial charge in [0.15, 0.2) is 0 Å². The Balaban J connectivity index is 1.62. The lowest BCUT2D eigenvalue weighted by Crippen LogP contribution is -2.04. The van der Waals surface area contributed by atoms with Gasteiger partial charge in [-0.3, -0.25) is 0 Å². The number of aromatic nitrogens is 1. The molecule has 0 saturated carbocycles. The summed E-state index contributed by atoms with van der Waals surface area (Å²) in [5.41, 5.74) is 6.21. The summed E-state index contributed by atoms with van der Waals surface area (Å²) >= 11 is 0. The lowest BCUT2D eigenvalue weighted by Gasteiger charge is -2.16. The number of carboxylic acid groups (broad SMARTS) is 1. The van der Waals surface area contributed by atoms with Crippen LogP contribution in [0, 0.1) is 6.92 Å². The van der Waals surface area contributed by atoms with E-state index in [-0.39, 0.29) is 5.56 Å². The van der Waals surface area contributed by atoms with Crippen molar-refractivity contribution in [2.45, 2.75) is 13.5 Å². The zero-order chi connectivity index (χ0) is 22.0. The first-order chi connectivity index (χ1) is 15.0. The van der Waals surface area contributed by atoms with E-state index in [1.54, 1.807) is 19.2 Å². The van der Waals surface area contributed by atoms with Crippen LogP contribution < -0.4 is 15.4 Å². The minimum atomic E-state index is -0.983. The quantitative estimate of drug-likeness (QED) is 0.369. The summed E-state index contributed by atoms with van der Waals surface area (Å²) in [5.74, 6) is -0.409. The summed E-state index contributed by atoms with van der Waals surface area (Å²) < 4.78 is 7.55. The molecule has 158 valence electrons. The highest BCUT2D eigenvalue weighted by Crippen LogP contribution is 2.33. The molecule has 0 bridgehead atoms. The highest BCUT2D eigenvalue weighted by atomic mass is 16.5. The van der Waals surface area contributed by atoms with E-state index in [1.165, 1.54) is 28.1 Å². The molecule has 0 aliphatic carbocycles. The molecular weight excluding hydrogens is 390 g/mol. The normalized spacial score (nSPS) is 10.8. The minimum absolute atomic E-state index is 0.194. The molecule has 0 fully saturated rings. The van der Waals surface area contributed by atoms with Gasteiger partial charge in [0, 0.05) is 30.7 Å². The predicted octanol–water partition coefficient (Wildman–Crippen LogP) is 5.55. The van der Waals surface area contributed by atoms with E-state index in [0.29, 0.717) is 18.0 Å². The van der Waals surface area contributed by atoms with Crippen molar-refractivity contribution in [1.82, 2.24) is 4.57 Å². The van der Waals surface area contributed by atoms with Gasteiger partial charge in [0.05, 0.1) is 29.7 Å². The lowest BCUT2D eigenvalue weighted by atomic mass is 10.1. The predicted molar refractivity (Wildman–Crippen MR) is 125 cm³/mol. The Morgan fingerprint density at radius 3 is 2.55 bits per heavy atom. The number of fused-ring (bicyclic) bond motifs is 1. The Morgan fingerprint density at radius 1 is 1.03 bits per heavy atom. The van der Waals surface area contributed by atoms with Crippen molar-refractivity contribution < 1.29 is 14.6 Å². The number of benzene rings is 3. The molecule has 6 nitrogen and oxygen atoms in total. The molecule has 31 heavy (non-hydrogen) atoms. The smallest absolute Gasteiger partial charge is 0.335 e. The molecule has 0 amide bonds. The number of rotatable bonds is 7. The zero-order valence-corrected chi connectivity index (χ0v) is 17.8. The molecule has 0 spiro atoms. The number of hydrogen-bond donors (Lipinski definition) is 3. The number of hydrogen-bond acceptors (Lipinski definition) is 4. The summed E-state index contributed by atoms with van der Waals surface area (Å²) in [7, 11) is 3.62. The standard InChI is InChI=1S/C25H25N3O3/c1-16-7-6-10-22-24(16)18(15-28(22)2)14-26-19-8-4-5-9-20(19)27-21-13-17(25(29)30)11-12-23(21)31-3/h4-13,15,26-27H,14H2,1-3H3,(H,29,30). The number of aryl methyl sites for hydroxylation is 2. The van der Waals surface area contributed by atoms with Crippen molar-refractivity contribution in [3.05, 3.63) is 83.6 Å². The van der Waals surface area contributed by atoms with Crippen LogP contribution in [-0.2, 0) is 13.6 Å². The molecule has 0 atom stereocenters. The number of methoxy groups -OCH3 is 1. The van der Waals surface area contributed by atoms with E-state index in [4.69, 9.17) is 4.74 Å². The van der Waals surface area contributed by atoms with Gasteiger partial charge >= 0.3 is 5.97 Å². The first-order valence-corrected chi connectivity index (χ1v) is 10.0. The Hall–Kier alpha value is -3.93. The van der Waals surface area contributed by atoms with E-state index in [9.17, 15) is 9.90 Å². The van der Waals surface area contributed by atoms with Gasteiger partial charge in [0.2, 0.25) is 0 Å². The Kier molecular flexibility index (Phi) is 5.54. The molecule has 1 aromatic heterocycles. The SMILES string of the molecule is COc1ccc(C(=O)O)cc1Nc1ccccc1NCc1cn(C)c2cccc(C)c12. The Labute approximate surface area is 181 Å². The number of nitrogens with zero attached hydrogens (tertiary/aromatic N) is 1. The highest BCUT2D eigenvalue weighted by molar-refractivity contribution is 5.91. The fraction of sp³-hybridized carbons (Fsp3) is 0.160. The fourth-order valence-electron chi connectivity index (χ4n) is 3.89. The number of anilines is 3. The number of para-hydroxylation sites is 2. The maximum Gasteiger partial charge on any atom is 0.335 e. The van der Waals surface area contributed by atoms with Crippen LogP contribution in [0.2, 0.25) is 0 Å². The number of ether oxygens (including phenoxy) is 1. The monoisotopic (exact) mass is 415 g/mol. The Bertz CT molecular complexity index is 1260. The topological polar surface area (TPSA) is 75.5 Å². The van der Waals surface area contributed by atoms with Gasteiger partial charge in [-0.15, -0.1) is 0 Å². The molecule has 0 radical (unpaired) electrons. The molecule has 3 aromatic carbocycles. The molecule has 3 N–H and O–H groups in total. The third kappa shape index (κ3) is 4.05. The van der Waals surface area contributed by atoms with Gasteiger partial charge in [-0.05, 0) is 54.4 Å². The maximum atomic E-state index is 11.4. The summed E-state index contributed by atoms with van der Waals surface area (Å²) in [4.78, 5) is 11.4. The second kappa shape index (κ2) is 8.44. The van der Waals surface area contributed by atoms with Crippen molar-refractivity contribution in [2.24, 2.45) is 7.05 Å². The zero-order valence-electron chi connectivity index (χ0n) is 17.8. The van der Waals surface area contributed by atoms with Crippen molar-refractivity contribution in [3.63, 3.8) is 0 Å². The number of carboxylic acids is 1. The second-order valence-electron chi connectivity index (χ2n) is 7.48. The average molecular weight is 415 g/mol. The van der Waals surface area contributed by atoms with Crippen LogP contribution in [0.5, 0.6) is 5.75 Å². The third-order valence-electron chi connectivity index (χ3n) is 5.41. The van der Waals surface area contributed by atoms with E-state index in [0.717, 1.165) is 11.4 Å². The molecule has 0 unspecified atom stereocenters. The van der Waals surface area contributed by atoms with Crippen LogP contribution in [0.1, 0.15) is 21.5 Å². The maximum absolute atomic E-state index is 11.4. The number of aromatic carboxylic acids is 1. The molecule has 0 aliphatic rings. The van der Waals surface area contributed by atoms with Gasteiger partial charge in [0.1, 0.15) is 5.75 Å². The van der Waals surface area contributed by atoms with Crippen LogP contribution in [-0.4, -0.2) is 22.8 Å². The van der Waals surface area contributed by atoms with Gasteiger partial charge in [0.25, 0.3) is 0 Å². The van der Waals surface area contributed by atoms with E-state index in [2.05, 4.69) is 53.6 Å². The molecule has 1 heterocycles. The van der Waals surface area contributed by atoms with Crippen molar-refractivity contribution in [2.75, 3.05) is 17.7 Å². The average Bonchev–Trinajstić information content (AvgIpc) is 3.10. The first kappa shape index (κ1) is 20.3. The lowest BCUT2D eigenvalue weighted by molar-refractivity contribution is 0.0697. The van der Waals surface area contributed by atoms with E-state index >= 15 is 0 Å². The van der Waals surface area contributed by atoms with Crippen LogP contribution in [0.4, 0.5) is 17.1 Å². The molecule has 6 heteroatoms. The van der Waals surface area contributed by atoms with Crippen molar-refractivity contribution >= 4 is 33.9 Å².